The van der Waals surface area contributed by atoms with E-state index in [9.17, 15) is 0 Å². The van der Waals surface area contributed by atoms with Crippen molar-refractivity contribution in [3.63, 3.8) is 0 Å². The Bertz CT molecular complexity index is 1200. The van der Waals surface area contributed by atoms with Crippen LogP contribution in [0.5, 0.6) is 0 Å². The van der Waals surface area contributed by atoms with Gasteiger partial charge in [0.15, 0.2) is 0 Å². The van der Waals surface area contributed by atoms with Gasteiger partial charge in [-0.25, -0.2) is 0 Å². The Morgan fingerprint density at radius 2 is 0.893 bits per heavy atom. The number of benzene rings is 5. The van der Waals surface area contributed by atoms with E-state index in [0.29, 0.717) is 0 Å². The van der Waals surface area contributed by atoms with Gasteiger partial charge in [-0.15, -0.1) is 0 Å². The Morgan fingerprint density at radius 3 is 1.39 bits per heavy atom. The molecule has 0 nitrogen and oxygen atoms in total. The van der Waals surface area contributed by atoms with Crippen LogP contribution in [0.1, 0.15) is 17.5 Å². The fourth-order valence-electron chi connectivity index (χ4n) is 4.01. The van der Waals surface area contributed by atoms with Crippen LogP contribution < -0.4 is 0 Å². The molecule has 0 saturated carbocycles. The molecule has 0 heteroatoms. The molecule has 0 amide bonds. The first-order valence-corrected chi connectivity index (χ1v) is 9.93. The van der Waals surface area contributed by atoms with E-state index in [1.165, 1.54) is 56.3 Å². The predicted octanol–water partition coefficient (Wildman–Crippen LogP) is 7.79. The second-order valence-electron chi connectivity index (χ2n) is 7.39. The van der Waals surface area contributed by atoms with Gasteiger partial charge in [0.1, 0.15) is 0 Å². The molecule has 0 saturated heterocycles. The van der Waals surface area contributed by atoms with Crippen molar-refractivity contribution in [1.82, 2.24) is 0 Å². The summed E-state index contributed by atoms with van der Waals surface area (Å²) in [5, 5.41) is 7.95. The second-order valence-corrected chi connectivity index (χ2v) is 7.39. The van der Waals surface area contributed by atoms with Crippen molar-refractivity contribution in [3.05, 3.63) is 114 Å². The zero-order chi connectivity index (χ0) is 18.8. The molecule has 0 heterocycles. The summed E-state index contributed by atoms with van der Waals surface area (Å²) in [6, 6.07) is 34.6. The van der Waals surface area contributed by atoms with Crippen molar-refractivity contribution < 1.29 is 0 Å². The molecular weight excluding hydrogens is 336 g/mol. The number of hydrogen-bond donors (Lipinski definition) is 0. The molecule has 0 radical (unpaired) electrons. The van der Waals surface area contributed by atoms with Crippen LogP contribution in [-0.4, -0.2) is 0 Å². The summed E-state index contributed by atoms with van der Waals surface area (Å²) in [7, 11) is 0. The maximum Gasteiger partial charge on any atom is -0.0178 e. The summed E-state index contributed by atoms with van der Waals surface area (Å²) >= 11 is 0. The summed E-state index contributed by atoms with van der Waals surface area (Å²) in [5.74, 6) is 0. The van der Waals surface area contributed by atoms with E-state index in [1.807, 2.05) is 0 Å². The zero-order valence-corrected chi connectivity index (χ0v) is 15.8. The Labute approximate surface area is 165 Å². The number of rotatable bonds is 0. The summed E-state index contributed by atoms with van der Waals surface area (Å²) < 4.78 is 0. The average Bonchev–Trinajstić information content (AvgIpc) is 2.76. The Hall–Kier alpha value is -3.38. The minimum absolute atomic E-state index is 1.19. The smallest absolute Gasteiger partial charge is 0.0178 e. The van der Waals surface area contributed by atoms with Gasteiger partial charge < -0.3 is 0 Å². The lowest BCUT2D eigenvalue weighted by Gasteiger charge is -2.11. The standard InChI is InChI=1S/C14H12.C14H10/c2*1-2-6-12-10-14-8-4-3-7-13(14)9-11(12)5-1/h1-3,5-7,9-10H,4,8H2;1-10H. The molecule has 0 fully saturated rings. The van der Waals surface area contributed by atoms with E-state index in [4.69, 9.17) is 0 Å². The van der Waals surface area contributed by atoms with Gasteiger partial charge in [0.05, 0.1) is 0 Å². The summed E-state index contributed by atoms with van der Waals surface area (Å²) in [4.78, 5) is 0. The van der Waals surface area contributed by atoms with E-state index >= 15 is 0 Å². The van der Waals surface area contributed by atoms with Crippen molar-refractivity contribution >= 4 is 38.4 Å². The molecule has 0 unspecified atom stereocenters. The summed E-state index contributed by atoms with van der Waals surface area (Å²) in [6.07, 6.45) is 6.88. The van der Waals surface area contributed by atoms with Crippen molar-refractivity contribution in [2.75, 3.05) is 0 Å². The molecule has 0 aliphatic heterocycles. The largest absolute Gasteiger partial charge is 0.0836 e. The van der Waals surface area contributed by atoms with Crippen molar-refractivity contribution in [1.29, 1.82) is 0 Å². The third kappa shape index (κ3) is 3.30. The lowest BCUT2D eigenvalue weighted by atomic mass is 9.94. The normalized spacial score (nSPS) is 12.6. The predicted molar refractivity (Wildman–Crippen MR) is 123 cm³/mol. The third-order valence-electron chi connectivity index (χ3n) is 5.50. The van der Waals surface area contributed by atoms with Crippen LogP contribution in [0.25, 0.3) is 38.4 Å². The minimum atomic E-state index is 1.19. The minimum Gasteiger partial charge on any atom is -0.0836 e. The van der Waals surface area contributed by atoms with Crippen LogP contribution in [0.15, 0.2) is 103 Å². The summed E-state index contributed by atoms with van der Waals surface area (Å²) in [5.41, 5.74) is 2.89. The van der Waals surface area contributed by atoms with Crippen LogP contribution >= 0.6 is 0 Å². The monoisotopic (exact) mass is 358 g/mol. The van der Waals surface area contributed by atoms with Crippen LogP contribution in [0, 0.1) is 0 Å². The molecule has 6 rings (SSSR count). The Morgan fingerprint density at radius 1 is 0.464 bits per heavy atom. The molecule has 0 bridgehead atoms. The van der Waals surface area contributed by atoms with Gasteiger partial charge in [-0.05, 0) is 74.5 Å². The maximum atomic E-state index is 2.33. The number of fused-ring (bicyclic) bond motifs is 4. The molecule has 5 aromatic carbocycles. The molecule has 5 aromatic rings. The van der Waals surface area contributed by atoms with E-state index < -0.39 is 0 Å². The fourth-order valence-corrected chi connectivity index (χ4v) is 4.01. The second kappa shape index (κ2) is 7.32. The topological polar surface area (TPSA) is 0 Å². The molecule has 0 spiro atoms. The highest BCUT2D eigenvalue weighted by molar-refractivity contribution is 5.98. The van der Waals surface area contributed by atoms with Crippen molar-refractivity contribution in [2.45, 2.75) is 12.8 Å². The molecular formula is C28H22. The number of hydrogen-bond acceptors (Lipinski definition) is 0. The van der Waals surface area contributed by atoms with E-state index in [1.54, 1.807) is 0 Å². The van der Waals surface area contributed by atoms with Gasteiger partial charge in [-0.2, -0.15) is 0 Å². The highest BCUT2D eigenvalue weighted by atomic mass is 14.1. The van der Waals surface area contributed by atoms with Crippen molar-refractivity contribution in [3.8, 4) is 0 Å². The SMILES string of the molecule is C1=Cc2cc3ccccc3cc2CC1.c1ccc2cc3ccccc3cc2c1. The molecule has 0 N–H and O–H groups in total. The maximum absolute atomic E-state index is 2.33. The highest BCUT2D eigenvalue weighted by Gasteiger charge is 2.05. The molecule has 28 heavy (non-hydrogen) atoms. The fraction of sp³-hybridized carbons (Fsp3) is 0.0714. The van der Waals surface area contributed by atoms with Crippen molar-refractivity contribution in [2.24, 2.45) is 0 Å². The van der Waals surface area contributed by atoms with Gasteiger partial charge in [-0.3, -0.25) is 0 Å². The molecule has 134 valence electrons. The number of allylic oxidation sites excluding steroid dienone is 1. The van der Waals surface area contributed by atoms with E-state index in [2.05, 4.69) is 109 Å². The van der Waals surface area contributed by atoms with E-state index in [-0.39, 0.29) is 0 Å². The van der Waals surface area contributed by atoms with Gasteiger partial charge in [0, 0.05) is 0 Å². The molecule has 1 aliphatic carbocycles. The van der Waals surface area contributed by atoms with Crippen LogP contribution in [-0.2, 0) is 6.42 Å². The van der Waals surface area contributed by atoms with Gasteiger partial charge >= 0.3 is 0 Å². The van der Waals surface area contributed by atoms with Gasteiger partial charge in [0.2, 0.25) is 0 Å². The third-order valence-corrected chi connectivity index (χ3v) is 5.50. The molecule has 0 aromatic heterocycles. The molecule has 0 atom stereocenters. The first-order chi connectivity index (χ1) is 13.9. The quantitative estimate of drug-likeness (QED) is 0.248. The Kier molecular flexibility index (Phi) is 4.39. The zero-order valence-electron chi connectivity index (χ0n) is 15.8. The van der Waals surface area contributed by atoms with E-state index in [0.717, 1.165) is 0 Å². The number of aryl methyl sites for hydroxylation is 1. The Balaban J connectivity index is 0.000000122. The van der Waals surface area contributed by atoms with Gasteiger partial charge in [-0.1, -0.05) is 91.0 Å². The van der Waals surface area contributed by atoms with Gasteiger partial charge in [0.25, 0.3) is 0 Å². The average molecular weight is 358 g/mol. The first kappa shape index (κ1) is 16.8. The van der Waals surface area contributed by atoms with Crippen LogP contribution in [0.3, 0.4) is 0 Å². The highest BCUT2D eigenvalue weighted by Crippen LogP contribution is 2.25. The van der Waals surface area contributed by atoms with Crippen LogP contribution in [0.2, 0.25) is 0 Å². The molecule has 1 aliphatic rings. The lowest BCUT2D eigenvalue weighted by Crippen LogP contribution is -1.93. The lowest BCUT2D eigenvalue weighted by molar-refractivity contribution is 0.989. The first-order valence-electron chi connectivity index (χ1n) is 9.93. The summed E-state index contributed by atoms with van der Waals surface area (Å²) in [6.45, 7) is 0. The van der Waals surface area contributed by atoms with Crippen LogP contribution in [0.4, 0.5) is 0 Å².